The summed E-state index contributed by atoms with van der Waals surface area (Å²) in [5.74, 6) is -1.32. The van der Waals surface area contributed by atoms with E-state index < -0.39 is 11.8 Å². The van der Waals surface area contributed by atoms with Crippen molar-refractivity contribution in [3.05, 3.63) is 77.8 Å². The molecule has 28 heavy (non-hydrogen) atoms. The topological polar surface area (TPSA) is 57.5 Å². The van der Waals surface area contributed by atoms with Gasteiger partial charge in [0.1, 0.15) is 6.61 Å². The molecule has 0 spiro atoms. The van der Waals surface area contributed by atoms with Gasteiger partial charge in [-0.05, 0) is 30.7 Å². The van der Waals surface area contributed by atoms with Crippen molar-refractivity contribution in [2.75, 3.05) is 13.7 Å². The van der Waals surface area contributed by atoms with Crippen LogP contribution in [0.1, 0.15) is 21.6 Å². The Morgan fingerprint density at radius 2 is 1.93 bits per heavy atom. The van der Waals surface area contributed by atoms with Crippen LogP contribution in [0.3, 0.4) is 0 Å². The van der Waals surface area contributed by atoms with Crippen LogP contribution in [0.5, 0.6) is 5.75 Å². The standard InChI is InChI=1S/C22H20FNO4/c1-4-10-28-21(25)12-16-14(2)24(22(26)15-8-6-5-7-9-15)19-13-18(23)20(27-3)11-17(16)19/h4-9,11,13H,1,10,12H2,2-3H3. The summed E-state index contributed by atoms with van der Waals surface area (Å²) in [7, 11) is 1.36. The number of ether oxygens (including phenoxy) is 2. The van der Waals surface area contributed by atoms with Crippen LogP contribution in [0.15, 0.2) is 55.1 Å². The summed E-state index contributed by atoms with van der Waals surface area (Å²) in [5.41, 5.74) is 1.97. The molecule has 0 unspecified atom stereocenters. The Morgan fingerprint density at radius 3 is 2.57 bits per heavy atom. The zero-order valence-electron chi connectivity index (χ0n) is 15.7. The summed E-state index contributed by atoms with van der Waals surface area (Å²) < 4.78 is 26.0. The molecule has 3 rings (SSSR count). The molecule has 0 amide bonds. The molecule has 1 heterocycles. The van der Waals surface area contributed by atoms with Crippen LogP contribution in [-0.2, 0) is 16.0 Å². The van der Waals surface area contributed by atoms with Gasteiger partial charge < -0.3 is 9.47 Å². The maximum atomic E-state index is 14.4. The highest BCUT2D eigenvalue weighted by Crippen LogP contribution is 2.32. The maximum Gasteiger partial charge on any atom is 0.310 e. The molecule has 0 aliphatic heterocycles. The molecular weight excluding hydrogens is 361 g/mol. The first-order chi connectivity index (χ1) is 13.5. The lowest BCUT2D eigenvalue weighted by atomic mass is 10.1. The Hall–Kier alpha value is -3.41. The van der Waals surface area contributed by atoms with Gasteiger partial charge in [0.2, 0.25) is 0 Å². The maximum absolute atomic E-state index is 14.4. The van der Waals surface area contributed by atoms with E-state index in [4.69, 9.17) is 9.47 Å². The van der Waals surface area contributed by atoms with Gasteiger partial charge in [0.15, 0.2) is 11.6 Å². The number of carbonyl (C=O) groups excluding carboxylic acids is 2. The van der Waals surface area contributed by atoms with Gasteiger partial charge in [-0.15, -0.1) is 0 Å². The number of benzene rings is 2. The Morgan fingerprint density at radius 1 is 1.21 bits per heavy atom. The van der Waals surface area contributed by atoms with Gasteiger partial charge in [-0.3, -0.25) is 14.2 Å². The molecule has 6 heteroatoms. The van der Waals surface area contributed by atoms with E-state index >= 15 is 0 Å². The summed E-state index contributed by atoms with van der Waals surface area (Å²) in [6.07, 6.45) is 1.42. The minimum Gasteiger partial charge on any atom is -0.494 e. The number of methoxy groups -OCH3 is 1. The van der Waals surface area contributed by atoms with Crippen molar-refractivity contribution in [2.45, 2.75) is 13.3 Å². The number of carbonyl (C=O) groups is 2. The molecule has 0 saturated heterocycles. The van der Waals surface area contributed by atoms with Crippen molar-refractivity contribution < 1.29 is 23.5 Å². The highest BCUT2D eigenvalue weighted by atomic mass is 19.1. The number of fused-ring (bicyclic) bond motifs is 1. The predicted molar refractivity (Wildman–Crippen MR) is 104 cm³/mol. The molecule has 0 aliphatic carbocycles. The van der Waals surface area contributed by atoms with Gasteiger partial charge in [-0.1, -0.05) is 30.9 Å². The smallest absolute Gasteiger partial charge is 0.310 e. The lowest BCUT2D eigenvalue weighted by Crippen LogP contribution is -2.14. The van der Waals surface area contributed by atoms with Crippen LogP contribution in [0.25, 0.3) is 10.9 Å². The van der Waals surface area contributed by atoms with E-state index in [0.717, 1.165) is 0 Å². The van der Waals surface area contributed by atoms with E-state index in [9.17, 15) is 14.0 Å². The van der Waals surface area contributed by atoms with E-state index in [2.05, 4.69) is 6.58 Å². The van der Waals surface area contributed by atoms with E-state index in [-0.39, 0.29) is 24.7 Å². The first-order valence-corrected chi connectivity index (χ1v) is 8.71. The first-order valence-electron chi connectivity index (χ1n) is 8.71. The Kier molecular flexibility index (Phi) is 5.59. The second-order valence-corrected chi connectivity index (χ2v) is 6.22. The minimum atomic E-state index is -0.588. The molecule has 0 saturated carbocycles. The lowest BCUT2D eigenvalue weighted by molar-refractivity contribution is -0.141. The summed E-state index contributed by atoms with van der Waals surface area (Å²) in [4.78, 5) is 25.3. The van der Waals surface area contributed by atoms with Crippen LogP contribution in [0.4, 0.5) is 4.39 Å². The van der Waals surface area contributed by atoms with Gasteiger partial charge in [0.25, 0.3) is 5.91 Å². The van der Waals surface area contributed by atoms with Crippen LogP contribution in [-0.4, -0.2) is 30.2 Å². The zero-order chi connectivity index (χ0) is 20.3. The third-order valence-electron chi connectivity index (χ3n) is 4.52. The minimum absolute atomic E-state index is 0.0394. The molecule has 2 aromatic carbocycles. The third kappa shape index (κ3) is 3.53. The van der Waals surface area contributed by atoms with Crippen molar-refractivity contribution in [1.29, 1.82) is 0 Å². The fraction of sp³-hybridized carbons (Fsp3) is 0.182. The number of rotatable bonds is 6. The average molecular weight is 381 g/mol. The van der Waals surface area contributed by atoms with Crippen LogP contribution in [0, 0.1) is 12.7 Å². The normalized spacial score (nSPS) is 10.7. The van der Waals surface area contributed by atoms with E-state index in [0.29, 0.717) is 27.7 Å². The summed E-state index contributed by atoms with van der Waals surface area (Å²) >= 11 is 0. The Labute approximate surface area is 162 Å². The van der Waals surface area contributed by atoms with Crippen molar-refractivity contribution in [1.82, 2.24) is 4.57 Å². The van der Waals surface area contributed by atoms with Gasteiger partial charge in [0.05, 0.1) is 19.0 Å². The number of hydrogen-bond acceptors (Lipinski definition) is 4. The molecule has 0 bridgehead atoms. The predicted octanol–water partition coefficient (Wildman–Crippen LogP) is 4.06. The van der Waals surface area contributed by atoms with Crippen molar-refractivity contribution in [2.24, 2.45) is 0 Å². The number of hydrogen-bond donors (Lipinski definition) is 0. The highest BCUT2D eigenvalue weighted by molar-refractivity contribution is 6.05. The van der Waals surface area contributed by atoms with Gasteiger partial charge in [-0.25, -0.2) is 4.39 Å². The third-order valence-corrected chi connectivity index (χ3v) is 4.52. The van der Waals surface area contributed by atoms with Gasteiger partial charge in [-0.2, -0.15) is 0 Å². The van der Waals surface area contributed by atoms with E-state index in [1.165, 1.54) is 29.9 Å². The molecule has 0 aliphatic rings. The Bertz CT molecular complexity index is 1050. The largest absolute Gasteiger partial charge is 0.494 e. The SMILES string of the molecule is C=CCOC(=O)Cc1c(C)n(C(=O)c2ccccc2)c2cc(F)c(OC)cc12. The van der Waals surface area contributed by atoms with Crippen molar-refractivity contribution in [3.63, 3.8) is 0 Å². The lowest BCUT2D eigenvalue weighted by Gasteiger charge is -2.08. The van der Waals surface area contributed by atoms with E-state index in [1.807, 2.05) is 6.07 Å². The van der Waals surface area contributed by atoms with Crippen LogP contribution in [0.2, 0.25) is 0 Å². The number of aromatic nitrogens is 1. The molecular formula is C22H20FNO4. The molecule has 5 nitrogen and oxygen atoms in total. The number of esters is 1. The van der Waals surface area contributed by atoms with Crippen LogP contribution >= 0.6 is 0 Å². The quantitative estimate of drug-likeness (QED) is 0.477. The fourth-order valence-corrected chi connectivity index (χ4v) is 3.18. The molecule has 0 N–H and O–H groups in total. The first kappa shape index (κ1) is 19.4. The molecule has 3 aromatic rings. The monoisotopic (exact) mass is 381 g/mol. The molecule has 1 aromatic heterocycles. The van der Waals surface area contributed by atoms with Crippen molar-refractivity contribution >= 4 is 22.8 Å². The average Bonchev–Trinajstić information content (AvgIpc) is 2.96. The van der Waals surface area contributed by atoms with Gasteiger partial charge >= 0.3 is 5.97 Å². The van der Waals surface area contributed by atoms with E-state index in [1.54, 1.807) is 31.2 Å². The summed E-state index contributed by atoms with van der Waals surface area (Å²) in [6.45, 7) is 5.33. The molecule has 0 atom stereocenters. The summed E-state index contributed by atoms with van der Waals surface area (Å²) in [5, 5.41) is 0.565. The number of halogens is 1. The summed E-state index contributed by atoms with van der Waals surface area (Å²) in [6, 6.07) is 11.4. The van der Waals surface area contributed by atoms with Crippen LogP contribution < -0.4 is 4.74 Å². The zero-order valence-corrected chi connectivity index (χ0v) is 15.7. The van der Waals surface area contributed by atoms with Gasteiger partial charge in [0, 0.05) is 22.7 Å². The molecule has 0 fully saturated rings. The molecule has 144 valence electrons. The fourth-order valence-electron chi connectivity index (χ4n) is 3.18. The second-order valence-electron chi connectivity index (χ2n) is 6.22. The number of nitrogens with zero attached hydrogens (tertiary/aromatic N) is 1. The molecule has 0 radical (unpaired) electrons. The Balaban J connectivity index is 2.19. The second kappa shape index (κ2) is 8.08. The highest BCUT2D eigenvalue weighted by Gasteiger charge is 2.23. The van der Waals surface area contributed by atoms with Crippen molar-refractivity contribution in [3.8, 4) is 5.75 Å².